The summed E-state index contributed by atoms with van der Waals surface area (Å²) < 4.78 is 0. The molecule has 1 aliphatic rings. The Morgan fingerprint density at radius 2 is 2.22 bits per heavy atom. The Balaban J connectivity index is 2.07. The van der Waals surface area contributed by atoms with Crippen LogP contribution in [0.4, 0.5) is 0 Å². The van der Waals surface area contributed by atoms with E-state index < -0.39 is 0 Å². The maximum atomic E-state index is 12.0. The minimum atomic E-state index is -0.312. The highest BCUT2D eigenvalue weighted by atomic mass is 16.3. The summed E-state index contributed by atoms with van der Waals surface area (Å²) in [5.41, 5.74) is 0.186. The summed E-state index contributed by atoms with van der Waals surface area (Å²) in [4.78, 5) is 12.0. The smallest absolute Gasteiger partial charge is 0.255 e. The van der Waals surface area contributed by atoms with E-state index in [1.165, 1.54) is 12.1 Å². The molecule has 1 heterocycles. The highest BCUT2D eigenvalue weighted by Crippen LogP contribution is 2.22. The van der Waals surface area contributed by atoms with Crippen LogP contribution in [0.2, 0.25) is 0 Å². The van der Waals surface area contributed by atoms with Crippen molar-refractivity contribution in [3.05, 3.63) is 23.8 Å². The quantitative estimate of drug-likeness (QED) is 0.630. The lowest BCUT2D eigenvalue weighted by Crippen LogP contribution is -2.51. The summed E-state index contributed by atoms with van der Waals surface area (Å²) >= 11 is 0. The van der Waals surface area contributed by atoms with Crippen LogP contribution >= 0.6 is 0 Å². The van der Waals surface area contributed by atoms with E-state index in [2.05, 4.69) is 10.6 Å². The van der Waals surface area contributed by atoms with Crippen molar-refractivity contribution >= 4 is 5.91 Å². The average Bonchev–Trinajstić information content (AvgIpc) is 2.32. The third-order valence-electron chi connectivity index (χ3n) is 3.30. The number of phenols is 2. The van der Waals surface area contributed by atoms with Gasteiger partial charge in [-0.05, 0) is 38.4 Å². The molecule has 1 aromatic rings. The van der Waals surface area contributed by atoms with Gasteiger partial charge in [0.2, 0.25) is 0 Å². The number of phenolic OH excluding ortho intramolecular Hbond substituents is 2. The van der Waals surface area contributed by atoms with Crippen LogP contribution in [0.5, 0.6) is 11.5 Å². The fourth-order valence-corrected chi connectivity index (χ4v) is 2.20. The molecule has 18 heavy (non-hydrogen) atoms. The van der Waals surface area contributed by atoms with Crippen molar-refractivity contribution in [3.63, 3.8) is 0 Å². The van der Waals surface area contributed by atoms with Crippen LogP contribution in [-0.4, -0.2) is 34.7 Å². The lowest BCUT2D eigenvalue weighted by atomic mass is 9.99. The summed E-state index contributed by atoms with van der Waals surface area (Å²) in [6, 6.07) is 4.26. The number of hydrogen-bond donors (Lipinski definition) is 4. The van der Waals surface area contributed by atoms with Crippen molar-refractivity contribution in [2.45, 2.75) is 31.8 Å². The Bertz CT molecular complexity index is 448. The summed E-state index contributed by atoms with van der Waals surface area (Å²) in [5, 5.41) is 25.0. The summed E-state index contributed by atoms with van der Waals surface area (Å²) in [7, 11) is 0. The molecule has 1 aromatic carbocycles. The molecule has 5 nitrogen and oxygen atoms in total. The number of carbonyl (C=O) groups excluding carboxylic acids is 1. The van der Waals surface area contributed by atoms with E-state index in [-0.39, 0.29) is 35.1 Å². The average molecular weight is 250 g/mol. The Hall–Kier alpha value is -1.75. The maximum Gasteiger partial charge on any atom is 0.255 e. The van der Waals surface area contributed by atoms with Gasteiger partial charge in [-0.25, -0.2) is 0 Å². The molecule has 0 spiro atoms. The SMILES string of the molecule is CC1NCCCC1NC(=O)c1ccc(O)cc1O. The van der Waals surface area contributed by atoms with Crippen LogP contribution in [0.1, 0.15) is 30.1 Å². The Morgan fingerprint density at radius 3 is 2.89 bits per heavy atom. The Labute approximate surface area is 106 Å². The molecule has 1 saturated heterocycles. The zero-order valence-corrected chi connectivity index (χ0v) is 10.3. The maximum absolute atomic E-state index is 12.0. The fraction of sp³-hybridized carbons (Fsp3) is 0.462. The summed E-state index contributed by atoms with van der Waals surface area (Å²) in [6.07, 6.45) is 1.95. The van der Waals surface area contributed by atoms with Crippen LogP contribution in [-0.2, 0) is 0 Å². The van der Waals surface area contributed by atoms with Gasteiger partial charge >= 0.3 is 0 Å². The van der Waals surface area contributed by atoms with Crippen LogP contribution in [0, 0.1) is 0 Å². The first-order chi connectivity index (χ1) is 8.58. The van der Waals surface area contributed by atoms with Gasteiger partial charge in [-0.15, -0.1) is 0 Å². The normalized spacial score (nSPS) is 23.6. The monoisotopic (exact) mass is 250 g/mol. The molecule has 2 atom stereocenters. The number of benzene rings is 1. The van der Waals surface area contributed by atoms with Crippen LogP contribution in [0.25, 0.3) is 0 Å². The highest BCUT2D eigenvalue weighted by Gasteiger charge is 2.23. The highest BCUT2D eigenvalue weighted by molar-refractivity contribution is 5.97. The molecule has 4 N–H and O–H groups in total. The molecular formula is C13H18N2O3. The zero-order chi connectivity index (χ0) is 13.1. The number of aromatic hydroxyl groups is 2. The second-order valence-electron chi connectivity index (χ2n) is 4.67. The van der Waals surface area contributed by atoms with E-state index in [1.807, 2.05) is 6.92 Å². The van der Waals surface area contributed by atoms with E-state index in [0.717, 1.165) is 25.5 Å². The number of amides is 1. The van der Waals surface area contributed by atoms with E-state index in [4.69, 9.17) is 0 Å². The van der Waals surface area contributed by atoms with Crippen molar-refractivity contribution < 1.29 is 15.0 Å². The summed E-state index contributed by atoms with van der Waals surface area (Å²) in [5.74, 6) is -0.575. The molecule has 2 unspecified atom stereocenters. The standard InChI is InChI=1S/C13H18N2O3/c1-8-11(3-2-6-14-8)15-13(18)10-5-4-9(16)7-12(10)17/h4-5,7-8,11,14,16-17H,2-3,6H2,1H3,(H,15,18). The minimum absolute atomic E-state index is 0.0586. The molecule has 0 aliphatic carbocycles. The van der Waals surface area contributed by atoms with Gasteiger partial charge in [0.25, 0.3) is 5.91 Å². The molecule has 98 valence electrons. The lowest BCUT2D eigenvalue weighted by molar-refractivity contribution is 0.0917. The van der Waals surface area contributed by atoms with E-state index in [9.17, 15) is 15.0 Å². The van der Waals surface area contributed by atoms with Gasteiger partial charge in [0.15, 0.2) is 0 Å². The number of nitrogens with one attached hydrogen (secondary N) is 2. The van der Waals surface area contributed by atoms with Gasteiger partial charge in [0.05, 0.1) is 5.56 Å². The predicted octanol–water partition coefficient (Wildman–Crippen LogP) is 0.968. The van der Waals surface area contributed by atoms with Crippen molar-refractivity contribution in [3.8, 4) is 11.5 Å². The largest absolute Gasteiger partial charge is 0.508 e. The summed E-state index contributed by atoms with van der Waals surface area (Å²) in [6.45, 7) is 3.00. The van der Waals surface area contributed by atoms with Gasteiger partial charge < -0.3 is 20.8 Å². The first-order valence-electron chi connectivity index (χ1n) is 6.14. The van der Waals surface area contributed by atoms with Gasteiger partial charge in [-0.1, -0.05) is 0 Å². The minimum Gasteiger partial charge on any atom is -0.508 e. The lowest BCUT2D eigenvalue weighted by Gasteiger charge is -2.30. The van der Waals surface area contributed by atoms with Crippen molar-refractivity contribution in [1.82, 2.24) is 10.6 Å². The Morgan fingerprint density at radius 1 is 1.44 bits per heavy atom. The second-order valence-corrected chi connectivity index (χ2v) is 4.67. The van der Waals surface area contributed by atoms with Gasteiger partial charge in [-0.2, -0.15) is 0 Å². The van der Waals surface area contributed by atoms with Gasteiger partial charge in [-0.3, -0.25) is 4.79 Å². The van der Waals surface area contributed by atoms with Crippen molar-refractivity contribution in [1.29, 1.82) is 0 Å². The van der Waals surface area contributed by atoms with Crippen molar-refractivity contribution in [2.24, 2.45) is 0 Å². The van der Waals surface area contributed by atoms with E-state index >= 15 is 0 Å². The van der Waals surface area contributed by atoms with E-state index in [1.54, 1.807) is 0 Å². The third kappa shape index (κ3) is 2.73. The van der Waals surface area contributed by atoms with E-state index in [0.29, 0.717) is 0 Å². The fourth-order valence-electron chi connectivity index (χ4n) is 2.20. The predicted molar refractivity (Wildman–Crippen MR) is 67.7 cm³/mol. The number of rotatable bonds is 2. The molecule has 1 aliphatic heterocycles. The van der Waals surface area contributed by atoms with Crippen molar-refractivity contribution in [2.75, 3.05) is 6.54 Å². The molecule has 2 rings (SSSR count). The first kappa shape index (κ1) is 12.7. The number of hydrogen-bond acceptors (Lipinski definition) is 4. The first-order valence-corrected chi connectivity index (χ1v) is 6.14. The van der Waals surface area contributed by atoms with Gasteiger partial charge in [0.1, 0.15) is 11.5 Å². The second kappa shape index (κ2) is 5.27. The molecule has 1 amide bonds. The molecule has 0 saturated carbocycles. The molecular weight excluding hydrogens is 232 g/mol. The topological polar surface area (TPSA) is 81.6 Å². The number of piperidine rings is 1. The Kier molecular flexibility index (Phi) is 3.72. The molecule has 0 aromatic heterocycles. The van der Waals surface area contributed by atoms with Crippen LogP contribution in [0.15, 0.2) is 18.2 Å². The third-order valence-corrected chi connectivity index (χ3v) is 3.30. The molecule has 0 bridgehead atoms. The van der Waals surface area contributed by atoms with Crippen LogP contribution < -0.4 is 10.6 Å². The zero-order valence-electron chi connectivity index (χ0n) is 10.3. The van der Waals surface area contributed by atoms with Crippen LogP contribution in [0.3, 0.4) is 0 Å². The molecule has 0 radical (unpaired) electrons. The van der Waals surface area contributed by atoms with Gasteiger partial charge in [0, 0.05) is 18.2 Å². The molecule has 5 heteroatoms. The molecule has 1 fully saturated rings. The number of carbonyl (C=O) groups is 1.